The summed E-state index contributed by atoms with van der Waals surface area (Å²) in [6, 6.07) is 17.4. The molecule has 5 nitrogen and oxygen atoms in total. The number of benzene rings is 2. The average molecular weight is 423 g/mol. The Hall–Kier alpha value is -2.44. The molecular weight excluding hydrogens is 390 g/mol. The molecule has 1 N–H and O–H groups in total. The quantitative estimate of drug-likeness (QED) is 0.616. The molecule has 0 bridgehead atoms. The van der Waals surface area contributed by atoms with E-state index in [-0.39, 0.29) is 0 Å². The SMILES string of the molecule is Cc1ccccc1-c1nn(C[NH+](C)Cc2ccc(N3CCCCC3)cc2)c(=S)n1C. The van der Waals surface area contributed by atoms with Gasteiger partial charge in [0, 0.05) is 37.0 Å². The zero-order valence-corrected chi connectivity index (χ0v) is 19.1. The smallest absolute Gasteiger partial charge is 0.202 e. The summed E-state index contributed by atoms with van der Waals surface area (Å²) in [5.41, 5.74) is 5.04. The van der Waals surface area contributed by atoms with Crippen molar-refractivity contribution >= 4 is 17.9 Å². The predicted octanol–water partition coefficient (Wildman–Crippen LogP) is 3.59. The number of anilines is 1. The largest absolute Gasteiger partial charge is 0.372 e. The third kappa shape index (κ3) is 4.50. The second kappa shape index (κ2) is 9.14. The van der Waals surface area contributed by atoms with Crippen molar-refractivity contribution in [2.75, 3.05) is 25.0 Å². The molecule has 1 aliphatic rings. The van der Waals surface area contributed by atoms with E-state index >= 15 is 0 Å². The van der Waals surface area contributed by atoms with Crippen molar-refractivity contribution in [1.29, 1.82) is 0 Å². The van der Waals surface area contributed by atoms with Gasteiger partial charge in [-0.3, -0.25) is 0 Å². The Balaban J connectivity index is 1.44. The molecule has 1 unspecified atom stereocenters. The highest BCUT2D eigenvalue weighted by atomic mass is 32.1. The van der Waals surface area contributed by atoms with Gasteiger partial charge >= 0.3 is 0 Å². The molecular formula is C24H32N5S+. The fourth-order valence-corrected chi connectivity index (χ4v) is 4.48. The van der Waals surface area contributed by atoms with Gasteiger partial charge in [-0.15, -0.1) is 5.10 Å². The Morgan fingerprint density at radius 2 is 1.70 bits per heavy atom. The minimum Gasteiger partial charge on any atom is -0.372 e. The summed E-state index contributed by atoms with van der Waals surface area (Å²) in [7, 11) is 4.20. The summed E-state index contributed by atoms with van der Waals surface area (Å²) < 4.78 is 4.72. The predicted molar refractivity (Wildman–Crippen MR) is 125 cm³/mol. The Kier molecular flexibility index (Phi) is 6.35. The van der Waals surface area contributed by atoms with Crippen LogP contribution in [0, 0.1) is 11.7 Å². The highest BCUT2D eigenvalue weighted by molar-refractivity contribution is 7.71. The van der Waals surface area contributed by atoms with Crippen LogP contribution >= 0.6 is 12.2 Å². The van der Waals surface area contributed by atoms with Gasteiger partial charge in [0.1, 0.15) is 6.54 Å². The Bertz CT molecular complexity index is 1040. The van der Waals surface area contributed by atoms with Crippen LogP contribution in [0.15, 0.2) is 48.5 Å². The van der Waals surface area contributed by atoms with Gasteiger partial charge in [-0.05, 0) is 56.1 Å². The van der Waals surface area contributed by atoms with Crippen molar-refractivity contribution < 1.29 is 4.90 Å². The molecule has 1 aliphatic heterocycles. The summed E-state index contributed by atoms with van der Waals surface area (Å²) >= 11 is 5.67. The Morgan fingerprint density at radius 3 is 2.40 bits per heavy atom. The summed E-state index contributed by atoms with van der Waals surface area (Å²) in [5.74, 6) is 0.928. The van der Waals surface area contributed by atoms with Crippen molar-refractivity contribution in [2.24, 2.45) is 7.05 Å². The zero-order chi connectivity index (χ0) is 21.1. The van der Waals surface area contributed by atoms with Crippen LogP contribution in [0.2, 0.25) is 0 Å². The monoisotopic (exact) mass is 422 g/mol. The van der Waals surface area contributed by atoms with Gasteiger partial charge in [-0.2, -0.15) is 4.68 Å². The first-order valence-corrected chi connectivity index (χ1v) is 11.3. The number of quaternary nitrogens is 1. The van der Waals surface area contributed by atoms with Crippen LogP contribution in [0.4, 0.5) is 5.69 Å². The number of hydrogen-bond acceptors (Lipinski definition) is 3. The lowest BCUT2D eigenvalue weighted by atomic mass is 10.1. The lowest BCUT2D eigenvalue weighted by molar-refractivity contribution is -0.917. The number of piperidine rings is 1. The van der Waals surface area contributed by atoms with E-state index in [1.165, 1.54) is 54.1 Å². The van der Waals surface area contributed by atoms with Crippen LogP contribution in [0.3, 0.4) is 0 Å². The standard InChI is InChI=1S/C24H31N5S/c1-19-9-5-6-10-22(19)23-25-29(24(30)27(23)3)18-26(2)17-20-11-13-21(14-12-20)28-15-7-4-8-16-28/h5-6,9-14H,4,7-8,15-18H2,1-3H3/p+1. The van der Waals surface area contributed by atoms with Crippen LogP contribution in [-0.4, -0.2) is 34.5 Å². The van der Waals surface area contributed by atoms with Crippen molar-refractivity contribution in [3.63, 3.8) is 0 Å². The van der Waals surface area contributed by atoms with Crippen molar-refractivity contribution in [2.45, 2.75) is 39.4 Å². The maximum Gasteiger partial charge on any atom is 0.202 e. The van der Waals surface area contributed by atoms with E-state index in [9.17, 15) is 0 Å². The first-order valence-electron chi connectivity index (χ1n) is 10.9. The van der Waals surface area contributed by atoms with E-state index in [1.807, 2.05) is 16.3 Å². The number of aromatic nitrogens is 3. The third-order valence-corrected chi connectivity index (χ3v) is 6.49. The summed E-state index contributed by atoms with van der Waals surface area (Å²) in [6.45, 7) is 6.17. The van der Waals surface area contributed by atoms with E-state index in [0.717, 1.165) is 29.4 Å². The van der Waals surface area contributed by atoms with Crippen molar-refractivity contribution in [1.82, 2.24) is 14.3 Å². The normalized spacial score (nSPS) is 15.4. The maximum absolute atomic E-state index is 5.67. The average Bonchev–Trinajstić information content (AvgIpc) is 3.03. The summed E-state index contributed by atoms with van der Waals surface area (Å²) in [5, 5.41) is 4.85. The molecule has 0 radical (unpaired) electrons. The van der Waals surface area contributed by atoms with E-state index in [2.05, 4.69) is 67.4 Å². The number of rotatable bonds is 6. The van der Waals surface area contributed by atoms with Gasteiger partial charge in [0.2, 0.25) is 4.77 Å². The topological polar surface area (TPSA) is 30.4 Å². The van der Waals surface area contributed by atoms with E-state index < -0.39 is 0 Å². The summed E-state index contributed by atoms with van der Waals surface area (Å²) in [4.78, 5) is 3.86. The van der Waals surface area contributed by atoms with E-state index in [1.54, 1.807) is 0 Å². The Morgan fingerprint density at radius 1 is 1.00 bits per heavy atom. The molecule has 30 heavy (non-hydrogen) atoms. The second-order valence-electron chi connectivity index (χ2n) is 8.49. The van der Waals surface area contributed by atoms with Gasteiger partial charge in [0.25, 0.3) is 0 Å². The highest BCUT2D eigenvalue weighted by Gasteiger charge is 2.15. The molecule has 0 spiro atoms. The Labute approximate surface area is 184 Å². The lowest BCUT2D eigenvalue weighted by Crippen LogP contribution is -3.07. The molecule has 1 saturated heterocycles. The molecule has 4 rings (SSSR count). The minimum atomic E-state index is 0.742. The molecule has 0 aliphatic carbocycles. The molecule has 1 fully saturated rings. The van der Waals surface area contributed by atoms with E-state index in [0.29, 0.717) is 0 Å². The summed E-state index contributed by atoms with van der Waals surface area (Å²) in [6.07, 6.45) is 3.98. The van der Waals surface area contributed by atoms with Crippen LogP contribution in [-0.2, 0) is 20.3 Å². The number of nitrogens with one attached hydrogen (secondary N) is 1. The van der Waals surface area contributed by atoms with Crippen LogP contribution in [0.5, 0.6) is 0 Å². The van der Waals surface area contributed by atoms with Gasteiger partial charge in [-0.1, -0.05) is 36.4 Å². The van der Waals surface area contributed by atoms with E-state index in [4.69, 9.17) is 17.3 Å². The lowest BCUT2D eigenvalue weighted by Gasteiger charge is -2.28. The van der Waals surface area contributed by atoms with Crippen LogP contribution < -0.4 is 9.80 Å². The molecule has 1 atom stereocenters. The van der Waals surface area contributed by atoms with Gasteiger partial charge in [0.05, 0.1) is 7.05 Å². The van der Waals surface area contributed by atoms with Crippen LogP contribution in [0.25, 0.3) is 11.4 Å². The molecule has 1 aromatic heterocycles. The fourth-order valence-electron chi connectivity index (χ4n) is 4.29. The minimum absolute atomic E-state index is 0.742. The fraction of sp³-hybridized carbons (Fsp3) is 0.417. The van der Waals surface area contributed by atoms with Gasteiger partial charge < -0.3 is 14.4 Å². The number of nitrogens with zero attached hydrogens (tertiary/aromatic N) is 4. The van der Waals surface area contributed by atoms with Crippen molar-refractivity contribution in [3.8, 4) is 11.4 Å². The first-order chi connectivity index (χ1) is 14.5. The van der Waals surface area contributed by atoms with Gasteiger partial charge in [0.15, 0.2) is 12.5 Å². The molecule has 0 saturated carbocycles. The number of aryl methyl sites for hydroxylation is 1. The zero-order valence-electron chi connectivity index (χ0n) is 18.3. The first kappa shape index (κ1) is 20.8. The maximum atomic E-state index is 5.67. The second-order valence-corrected chi connectivity index (χ2v) is 8.85. The molecule has 158 valence electrons. The number of hydrogen-bond donors (Lipinski definition) is 1. The van der Waals surface area contributed by atoms with Crippen molar-refractivity contribution in [3.05, 3.63) is 64.4 Å². The molecule has 2 heterocycles. The van der Waals surface area contributed by atoms with Gasteiger partial charge in [-0.25, -0.2) is 0 Å². The van der Waals surface area contributed by atoms with Crippen LogP contribution in [0.1, 0.15) is 30.4 Å². The molecule has 0 amide bonds. The molecule has 6 heteroatoms. The molecule has 2 aromatic carbocycles. The highest BCUT2D eigenvalue weighted by Crippen LogP contribution is 2.21. The molecule has 3 aromatic rings. The third-order valence-electron chi connectivity index (χ3n) is 6.01.